The number of carbonyl (C=O) groups is 1. The van der Waals surface area contributed by atoms with Gasteiger partial charge in [0.05, 0.1) is 20.1 Å². The van der Waals surface area contributed by atoms with Gasteiger partial charge in [0.1, 0.15) is 29.7 Å². The van der Waals surface area contributed by atoms with Crippen LogP contribution in [-0.4, -0.2) is 24.8 Å². The Balaban J connectivity index is 1.59. The number of aliphatic carboxylic acids is 1. The Morgan fingerprint density at radius 3 is 2.56 bits per heavy atom. The molecule has 1 aliphatic rings. The van der Waals surface area contributed by atoms with E-state index in [1.807, 2.05) is 42.5 Å². The SMILES string of the molecule is CCCCOc1cc(COc2ccccc2C(CC(=O)O)C2CC2)ccc1-c1cc(OC)ccc1F. The molecular weight excluding hydrogens is 459 g/mol. The van der Waals surface area contributed by atoms with Crippen LogP contribution in [0.5, 0.6) is 17.2 Å². The molecule has 0 aliphatic heterocycles. The summed E-state index contributed by atoms with van der Waals surface area (Å²) in [7, 11) is 1.55. The van der Waals surface area contributed by atoms with Gasteiger partial charge in [0, 0.05) is 17.0 Å². The van der Waals surface area contributed by atoms with Gasteiger partial charge in [-0.1, -0.05) is 43.7 Å². The molecule has 36 heavy (non-hydrogen) atoms. The van der Waals surface area contributed by atoms with Gasteiger partial charge in [-0.15, -0.1) is 0 Å². The summed E-state index contributed by atoms with van der Waals surface area (Å²) >= 11 is 0. The molecule has 1 aliphatic carbocycles. The number of carboxylic acid groups (broad SMARTS) is 1. The molecule has 0 aromatic heterocycles. The Kier molecular flexibility index (Phi) is 8.47. The van der Waals surface area contributed by atoms with E-state index in [1.54, 1.807) is 19.2 Å². The maximum absolute atomic E-state index is 14.7. The van der Waals surface area contributed by atoms with Crippen LogP contribution in [0.25, 0.3) is 11.1 Å². The second-order valence-corrected chi connectivity index (χ2v) is 9.25. The van der Waals surface area contributed by atoms with Gasteiger partial charge in [-0.3, -0.25) is 4.79 Å². The van der Waals surface area contributed by atoms with E-state index < -0.39 is 5.97 Å². The van der Waals surface area contributed by atoms with E-state index in [9.17, 15) is 14.3 Å². The summed E-state index contributed by atoms with van der Waals surface area (Å²) in [6.07, 6.45) is 4.07. The first-order valence-electron chi connectivity index (χ1n) is 12.5. The predicted octanol–water partition coefficient (Wildman–Crippen LogP) is 7.23. The lowest BCUT2D eigenvalue weighted by Crippen LogP contribution is -2.10. The molecule has 1 N–H and O–H groups in total. The number of rotatable bonds is 13. The minimum Gasteiger partial charge on any atom is -0.497 e. The first-order valence-corrected chi connectivity index (χ1v) is 12.5. The van der Waals surface area contributed by atoms with Crippen LogP contribution >= 0.6 is 0 Å². The molecule has 1 saturated carbocycles. The quantitative estimate of drug-likeness (QED) is 0.255. The summed E-state index contributed by atoms with van der Waals surface area (Å²) < 4.78 is 32.3. The summed E-state index contributed by atoms with van der Waals surface area (Å²) in [5.41, 5.74) is 2.89. The average Bonchev–Trinajstić information content (AvgIpc) is 3.72. The lowest BCUT2D eigenvalue weighted by Gasteiger charge is -2.19. The Hall–Kier alpha value is -3.54. The van der Waals surface area contributed by atoms with Crippen LogP contribution in [0.2, 0.25) is 0 Å². The van der Waals surface area contributed by atoms with Crippen LogP contribution < -0.4 is 14.2 Å². The first-order chi connectivity index (χ1) is 17.5. The molecule has 4 rings (SSSR count). The molecule has 3 aromatic rings. The van der Waals surface area contributed by atoms with E-state index >= 15 is 0 Å². The molecule has 0 radical (unpaired) electrons. The van der Waals surface area contributed by atoms with Gasteiger partial charge in [-0.25, -0.2) is 4.39 Å². The second-order valence-electron chi connectivity index (χ2n) is 9.25. The number of carboxylic acids is 1. The van der Waals surface area contributed by atoms with Crippen LogP contribution in [0.15, 0.2) is 60.7 Å². The van der Waals surface area contributed by atoms with Crippen molar-refractivity contribution in [3.05, 3.63) is 77.6 Å². The van der Waals surface area contributed by atoms with Crippen LogP contribution in [0, 0.1) is 11.7 Å². The third-order valence-corrected chi connectivity index (χ3v) is 6.56. The number of methoxy groups -OCH3 is 1. The van der Waals surface area contributed by atoms with Crippen molar-refractivity contribution in [3.63, 3.8) is 0 Å². The largest absolute Gasteiger partial charge is 0.497 e. The van der Waals surface area contributed by atoms with Crippen molar-refractivity contribution in [2.45, 2.75) is 51.6 Å². The third-order valence-electron chi connectivity index (χ3n) is 6.56. The molecular formula is C30H33FO5. The van der Waals surface area contributed by atoms with Crippen molar-refractivity contribution >= 4 is 5.97 Å². The van der Waals surface area contributed by atoms with Gasteiger partial charge in [0.15, 0.2) is 0 Å². The van der Waals surface area contributed by atoms with Gasteiger partial charge in [-0.05, 0) is 66.6 Å². The van der Waals surface area contributed by atoms with Crippen molar-refractivity contribution < 1.29 is 28.5 Å². The highest BCUT2D eigenvalue weighted by Crippen LogP contribution is 2.47. The number of halogens is 1. The van der Waals surface area contributed by atoms with Gasteiger partial charge in [0.25, 0.3) is 0 Å². The molecule has 1 unspecified atom stereocenters. The summed E-state index contributed by atoms with van der Waals surface area (Å²) in [6, 6.07) is 18.0. The highest BCUT2D eigenvalue weighted by atomic mass is 19.1. The summed E-state index contributed by atoms with van der Waals surface area (Å²) in [5.74, 6) is 1.06. The second kappa shape index (κ2) is 11.9. The number of unbranched alkanes of at least 4 members (excludes halogenated alkanes) is 1. The molecule has 1 fully saturated rings. The highest BCUT2D eigenvalue weighted by molar-refractivity contribution is 5.73. The number of benzene rings is 3. The third kappa shape index (κ3) is 6.36. The van der Waals surface area contributed by atoms with Gasteiger partial charge < -0.3 is 19.3 Å². The van der Waals surface area contributed by atoms with Gasteiger partial charge in [0.2, 0.25) is 0 Å². The molecule has 0 spiro atoms. The maximum atomic E-state index is 14.7. The lowest BCUT2D eigenvalue weighted by atomic mass is 9.90. The fraction of sp³-hybridized carbons (Fsp3) is 0.367. The van der Waals surface area contributed by atoms with Gasteiger partial charge >= 0.3 is 5.97 Å². The Morgan fingerprint density at radius 1 is 1.03 bits per heavy atom. The van der Waals surface area contributed by atoms with E-state index in [4.69, 9.17) is 14.2 Å². The first kappa shape index (κ1) is 25.5. The minimum absolute atomic E-state index is 0.0509. The number of hydrogen-bond donors (Lipinski definition) is 1. The fourth-order valence-corrected chi connectivity index (χ4v) is 4.46. The van der Waals surface area contributed by atoms with Crippen molar-refractivity contribution in [1.82, 2.24) is 0 Å². The van der Waals surface area contributed by atoms with Crippen LogP contribution in [0.3, 0.4) is 0 Å². The molecule has 0 heterocycles. The van der Waals surface area contributed by atoms with E-state index in [1.165, 1.54) is 6.07 Å². The number of ether oxygens (including phenoxy) is 3. The van der Waals surface area contributed by atoms with E-state index in [0.717, 1.165) is 36.8 Å². The Labute approximate surface area is 211 Å². The molecule has 1 atom stereocenters. The molecule has 6 heteroatoms. The summed E-state index contributed by atoms with van der Waals surface area (Å²) in [4.78, 5) is 11.5. The standard InChI is InChI=1S/C30H33FO5/c1-3-4-15-35-29-16-20(9-13-24(29)26-17-22(34-2)12-14-27(26)31)19-36-28-8-6-5-7-23(28)25(18-30(32)33)21-10-11-21/h5-9,12-14,16-17,21,25H,3-4,10-11,15,18-19H2,1-2H3,(H,32,33). The summed E-state index contributed by atoms with van der Waals surface area (Å²) in [6.45, 7) is 2.90. The van der Waals surface area contributed by atoms with E-state index in [0.29, 0.717) is 40.9 Å². The Morgan fingerprint density at radius 2 is 1.83 bits per heavy atom. The minimum atomic E-state index is -0.795. The van der Waals surface area contributed by atoms with Crippen LogP contribution in [-0.2, 0) is 11.4 Å². The smallest absolute Gasteiger partial charge is 0.303 e. The lowest BCUT2D eigenvalue weighted by molar-refractivity contribution is -0.137. The summed E-state index contributed by atoms with van der Waals surface area (Å²) in [5, 5.41) is 9.42. The van der Waals surface area contributed by atoms with Crippen molar-refractivity contribution in [2.24, 2.45) is 5.92 Å². The van der Waals surface area contributed by atoms with Crippen LogP contribution in [0.4, 0.5) is 4.39 Å². The van der Waals surface area contributed by atoms with Crippen molar-refractivity contribution in [2.75, 3.05) is 13.7 Å². The normalized spacial score (nSPS) is 13.8. The molecule has 190 valence electrons. The molecule has 0 saturated heterocycles. The monoisotopic (exact) mass is 492 g/mol. The number of hydrogen-bond acceptors (Lipinski definition) is 4. The molecule has 0 bridgehead atoms. The molecule has 0 amide bonds. The fourth-order valence-electron chi connectivity index (χ4n) is 4.46. The van der Waals surface area contributed by atoms with Crippen molar-refractivity contribution in [1.29, 1.82) is 0 Å². The average molecular weight is 493 g/mol. The zero-order chi connectivity index (χ0) is 25.5. The van der Waals surface area contributed by atoms with E-state index in [-0.39, 0.29) is 24.8 Å². The molecule has 3 aromatic carbocycles. The van der Waals surface area contributed by atoms with Gasteiger partial charge in [-0.2, -0.15) is 0 Å². The zero-order valence-corrected chi connectivity index (χ0v) is 20.8. The zero-order valence-electron chi connectivity index (χ0n) is 20.8. The predicted molar refractivity (Wildman–Crippen MR) is 137 cm³/mol. The molecule has 5 nitrogen and oxygen atoms in total. The Bertz CT molecular complexity index is 1190. The highest BCUT2D eigenvalue weighted by Gasteiger charge is 2.35. The maximum Gasteiger partial charge on any atom is 0.303 e. The number of para-hydroxylation sites is 1. The van der Waals surface area contributed by atoms with Crippen molar-refractivity contribution in [3.8, 4) is 28.4 Å². The van der Waals surface area contributed by atoms with Crippen LogP contribution in [0.1, 0.15) is 56.1 Å². The van der Waals surface area contributed by atoms with E-state index in [2.05, 4.69) is 6.92 Å². The topological polar surface area (TPSA) is 65.0 Å².